The molecule has 2 aliphatic rings. The molecule has 19 heavy (non-hydrogen) atoms. The van der Waals surface area contributed by atoms with Gasteiger partial charge in [-0.1, -0.05) is 0 Å². The highest BCUT2D eigenvalue weighted by atomic mass is 16.2. The third-order valence-corrected chi connectivity index (χ3v) is 4.45. The average molecular weight is 262 g/mol. The van der Waals surface area contributed by atoms with Crippen molar-refractivity contribution in [2.24, 2.45) is 0 Å². The minimum atomic E-state index is -0.0136. The van der Waals surface area contributed by atoms with Gasteiger partial charge in [-0.2, -0.15) is 5.10 Å². The van der Waals surface area contributed by atoms with Crippen molar-refractivity contribution in [1.82, 2.24) is 15.1 Å². The summed E-state index contributed by atoms with van der Waals surface area (Å²) in [5.41, 5.74) is 8.05. The molecule has 5 nitrogen and oxygen atoms in total. The van der Waals surface area contributed by atoms with Crippen molar-refractivity contribution in [3.63, 3.8) is 0 Å². The molecule has 1 saturated carbocycles. The van der Waals surface area contributed by atoms with E-state index in [4.69, 9.17) is 5.73 Å². The van der Waals surface area contributed by atoms with E-state index in [0.29, 0.717) is 17.3 Å². The van der Waals surface area contributed by atoms with Gasteiger partial charge in [0.2, 0.25) is 0 Å². The van der Waals surface area contributed by atoms with Gasteiger partial charge in [0.05, 0.1) is 11.4 Å². The number of rotatable bonds is 2. The number of anilines is 1. The predicted octanol–water partition coefficient (Wildman–Crippen LogP) is 2.27. The lowest BCUT2D eigenvalue weighted by atomic mass is 9.97. The van der Waals surface area contributed by atoms with Crippen LogP contribution in [0.4, 0.5) is 5.69 Å². The van der Waals surface area contributed by atoms with Gasteiger partial charge in [-0.05, 0) is 46.0 Å². The second-order valence-electron chi connectivity index (χ2n) is 6.02. The number of carbonyl (C=O) groups excluding carboxylic acids is 1. The Hall–Kier alpha value is -1.52. The van der Waals surface area contributed by atoms with E-state index in [1.165, 1.54) is 6.42 Å². The number of nitrogens with one attached hydrogen (secondary N) is 1. The van der Waals surface area contributed by atoms with E-state index in [0.717, 1.165) is 31.4 Å². The molecule has 0 bridgehead atoms. The van der Waals surface area contributed by atoms with Crippen LogP contribution in [0.3, 0.4) is 0 Å². The summed E-state index contributed by atoms with van der Waals surface area (Å²) in [7, 11) is 0. The number of H-pyrrole nitrogens is 1. The van der Waals surface area contributed by atoms with Gasteiger partial charge in [0.25, 0.3) is 5.91 Å². The van der Waals surface area contributed by atoms with Gasteiger partial charge in [-0.3, -0.25) is 9.89 Å². The number of amides is 1. The normalized spacial score (nSPS) is 27.6. The first-order chi connectivity index (χ1) is 9.09. The van der Waals surface area contributed by atoms with Crippen molar-refractivity contribution in [3.05, 3.63) is 11.4 Å². The standard InChI is InChI=1S/C14H22N4O/c1-8-4-3-5-9(2)18(8)14(19)13-11(15)12(16-17-13)10-6-7-10/h8-10H,3-7,15H2,1-2H3,(H,16,17)/t8-,9+. The molecule has 104 valence electrons. The predicted molar refractivity (Wildman–Crippen MR) is 73.9 cm³/mol. The van der Waals surface area contributed by atoms with E-state index in [-0.39, 0.29) is 18.0 Å². The van der Waals surface area contributed by atoms with Gasteiger partial charge in [0.1, 0.15) is 0 Å². The zero-order chi connectivity index (χ0) is 13.6. The molecule has 3 rings (SSSR count). The molecule has 1 aliphatic carbocycles. The lowest BCUT2D eigenvalue weighted by molar-refractivity contribution is 0.0505. The SMILES string of the molecule is C[C@@H]1CCC[C@H](C)N1C(=O)c1n[nH]c(C2CC2)c1N. The lowest BCUT2D eigenvalue weighted by Crippen LogP contribution is -2.47. The van der Waals surface area contributed by atoms with Gasteiger partial charge < -0.3 is 10.6 Å². The minimum absolute atomic E-state index is 0.0136. The maximum Gasteiger partial charge on any atom is 0.276 e. The monoisotopic (exact) mass is 262 g/mol. The summed E-state index contributed by atoms with van der Waals surface area (Å²) in [5, 5.41) is 7.14. The lowest BCUT2D eigenvalue weighted by Gasteiger charge is -2.38. The van der Waals surface area contributed by atoms with Crippen LogP contribution in [0.25, 0.3) is 0 Å². The number of aromatic amines is 1. The Labute approximate surface area is 113 Å². The molecule has 2 heterocycles. The smallest absolute Gasteiger partial charge is 0.276 e. The third kappa shape index (κ3) is 2.11. The highest BCUT2D eigenvalue weighted by molar-refractivity contribution is 5.98. The van der Waals surface area contributed by atoms with Crippen LogP contribution in [0.2, 0.25) is 0 Å². The number of hydrogen-bond acceptors (Lipinski definition) is 3. The van der Waals surface area contributed by atoms with Crippen LogP contribution in [0.1, 0.15) is 68.1 Å². The number of nitrogen functional groups attached to an aromatic ring is 1. The van der Waals surface area contributed by atoms with Crippen molar-refractivity contribution < 1.29 is 4.79 Å². The fraction of sp³-hybridized carbons (Fsp3) is 0.714. The molecule has 1 amide bonds. The van der Waals surface area contributed by atoms with Crippen molar-refractivity contribution >= 4 is 11.6 Å². The number of nitrogens with two attached hydrogens (primary N) is 1. The van der Waals surface area contributed by atoms with E-state index < -0.39 is 0 Å². The number of hydrogen-bond donors (Lipinski definition) is 2. The molecular weight excluding hydrogens is 240 g/mol. The molecule has 0 unspecified atom stereocenters. The molecule has 1 aromatic heterocycles. The van der Waals surface area contributed by atoms with E-state index >= 15 is 0 Å². The molecule has 3 N–H and O–H groups in total. The maximum absolute atomic E-state index is 12.7. The highest BCUT2D eigenvalue weighted by Crippen LogP contribution is 2.42. The van der Waals surface area contributed by atoms with Gasteiger partial charge in [0.15, 0.2) is 5.69 Å². The summed E-state index contributed by atoms with van der Waals surface area (Å²) < 4.78 is 0. The van der Waals surface area contributed by atoms with Gasteiger partial charge in [-0.15, -0.1) is 0 Å². The molecule has 0 aromatic carbocycles. The van der Waals surface area contributed by atoms with Crippen molar-refractivity contribution in [1.29, 1.82) is 0 Å². The molecule has 2 fully saturated rings. The topological polar surface area (TPSA) is 75.0 Å². The first-order valence-corrected chi connectivity index (χ1v) is 7.26. The van der Waals surface area contributed by atoms with E-state index in [2.05, 4.69) is 24.0 Å². The van der Waals surface area contributed by atoms with Crippen molar-refractivity contribution in [2.45, 2.75) is 64.0 Å². The second kappa shape index (κ2) is 4.54. The van der Waals surface area contributed by atoms with Gasteiger partial charge in [0, 0.05) is 18.0 Å². The van der Waals surface area contributed by atoms with Crippen LogP contribution in [-0.2, 0) is 0 Å². The van der Waals surface area contributed by atoms with Gasteiger partial charge >= 0.3 is 0 Å². The summed E-state index contributed by atoms with van der Waals surface area (Å²) in [6.07, 6.45) is 5.62. The summed E-state index contributed by atoms with van der Waals surface area (Å²) in [6, 6.07) is 0.549. The number of nitrogens with zero attached hydrogens (tertiary/aromatic N) is 2. The Kier molecular flexibility index (Phi) is 2.99. The molecular formula is C14H22N4O. The Bertz CT molecular complexity index is 482. The Morgan fingerprint density at radius 2 is 1.89 bits per heavy atom. The molecule has 1 aromatic rings. The van der Waals surface area contributed by atoms with E-state index in [1.807, 2.05) is 4.90 Å². The van der Waals surface area contributed by atoms with Crippen molar-refractivity contribution in [2.75, 3.05) is 5.73 Å². The Morgan fingerprint density at radius 1 is 1.26 bits per heavy atom. The van der Waals surface area contributed by atoms with E-state index in [1.54, 1.807) is 0 Å². The van der Waals surface area contributed by atoms with Crippen LogP contribution < -0.4 is 5.73 Å². The van der Waals surface area contributed by atoms with E-state index in [9.17, 15) is 4.79 Å². The van der Waals surface area contributed by atoms with Crippen LogP contribution >= 0.6 is 0 Å². The second-order valence-corrected chi connectivity index (χ2v) is 6.02. The molecule has 1 saturated heterocycles. The number of likely N-dealkylation sites (tertiary alicyclic amines) is 1. The summed E-state index contributed by atoms with van der Waals surface area (Å²) >= 11 is 0. The largest absolute Gasteiger partial charge is 0.395 e. The molecule has 1 aliphatic heterocycles. The fourth-order valence-electron chi connectivity index (χ4n) is 3.15. The summed E-state index contributed by atoms with van der Waals surface area (Å²) in [4.78, 5) is 14.6. The van der Waals surface area contributed by atoms with Crippen LogP contribution in [0.15, 0.2) is 0 Å². The fourth-order valence-corrected chi connectivity index (χ4v) is 3.15. The van der Waals surface area contributed by atoms with Crippen LogP contribution in [0, 0.1) is 0 Å². The summed E-state index contributed by atoms with van der Waals surface area (Å²) in [6.45, 7) is 4.22. The zero-order valence-electron chi connectivity index (χ0n) is 11.6. The maximum atomic E-state index is 12.7. The number of piperidine rings is 1. The highest BCUT2D eigenvalue weighted by Gasteiger charge is 2.35. The van der Waals surface area contributed by atoms with Crippen LogP contribution in [-0.4, -0.2) is 33.1 Å². The molecule has 0 radical (unpaired) electrons. The minimum Gasteiger partial charge on any atom is -0.395 e. The zero-order valence-corrected chi connectivity index (χ0v) is 11.6. The quantitative estimate of drug-likeness (QED) is 0.858. The third-order valence-electron chi connectivity index (χ3n) is 4.45. The molecule has 2 atom stereocenters. The average Bonchev–Trinajstić information content (AvgIpc) is 3.12. The van der Waals surface area contributed by atoms with Gasteiger partial charge in [-0.25, -0.2) is 0 Å². The molecule has 0 spiro atoms. The molecule has 5 heteroatoms. The first kappa shape index (κ1) is 12.5. The number of carbonyl (C=O) groups is 1. The number of aromatic nitrogens is 2. The Morgan fingerprint density at radius 3 is 2.47 bits per heavy atom. The summed E-state index contributed by atoms with van der Waals surface area (Å²) in [5.74, 6) is 0.477. The first-order valence-electron chi connectivity index (χ1n) is 7.26. The van der Waals surface area contributed by atoms with Crippen LogP contribution in [0.5, 0.6) is 0 Å². The van der Waals surface area contributed by atoms with Crippen molar-refractivity contribution in [3.8, 4) is 0 Å². The Balaban J connectivity index is 1.86.